The number of para-hydroxylation sites is 1. The Labute approximate surface area is 172 Å². The smallest absolute Gasteiger partial charge is 0.335 e. The SMILES string of the molecule is O=C(O)c1ccc(Cl)c(S(=O)(=O)Nc2ccccc2C(=O)NC[C@@H]2CCCO2)c1. The number of carbonyl (C=O) groups excluding carboxylic acids is 1. The minimum atomic E-state index is -4.24. The fraction of sp³-hybridized carbons (Fsp3) is 0.263. The van der Waals surface area contributed by atoms with Crippen LogP contribution in [0, 0.1) is 0 Å². The van der Waals surface area contributed by atoms with E-state index in [9.17, 15) is 18.0 Å². The molecule has 29 heavy (non-hydrogen) atoms. The van der Waals surface area contributed by atoms with Gasteiger partial charge >= 0.3 is 5.97 Å². The molecule has 8 nitrogen and oxygen atoms in total. The Morgan fingerprint density at radius 1 is 1.21 bits per heavy atom. The number of amides is 1. The number of anilines is 1. The summed E-state index contributed by atoms with van der Waals surface area (Å²) in [5.41, 5.74) is -0.0499. The number of ether oxygens (including phenoxy) is 1. The molecule has 1 saturated heterocycles. The molecule has 0 aliphatic carbocycles. The van der Waals surface area contributed by atoms with E-state index >= 15 is 0 Å². The molecule has 0 bridgehead atoms. The maximum atomic E-state index is 12.8. The number of rotatable bonds is 7. The van der Waals surface area contributed by atoms with Gasteiger partial charge in [0.1, 0.15) is 4.90 Å². The molecule has 0 spiro atoms. The average molecular weight is 439 g/mol. The van der Waals surface area contributed by atoms with Crippen LogP contribution in [0.1, 0.15) is 33.6 Å². The maximum absolute atomic E-state index is 12.8. The predicted molar refractivity (Wildman–Crippen MR) is 107 cm³/mol. The maximum Gasteiger partial charge on any atom is 0.335 e. The van der Waals surface area contributed by atoms with Gasteiger partial charge < -0.3 is 15.2 Å². The van der Waals surface area contributed by atoms with E-state index in [1.165, 1.54) is 24.3 Å². The molecule has 3 N–H and O–H groups in total. The number of sulfonamides is 1. The van der Waals surface area contributed by atoms with Crippen molar-refractivity contribution >= 4 is 39.2 Å². The zero-order chi connectivity index (χ0) is 21.0. The van der Waals surface area contributed by atoms with Crippen molar-refractivity contribution in [2.75, 3.05) is 17.9 Å². The molecule has 1 aliphatic heterocycles. The second kappa shape index (κ2) is 8.81. The van der Waals surface area contributed by atoms with Crippen LogP contribution in [0.25, 0.3) is 0 Å². The van der Waals surface area contributed by atoms with Crippen molar-refractivity contribution < 1.29 is 27.9 Å². The lowest BCUT2D eigenvalue weighted by molar-refractivity contribution is 0.0696. The molecular formula is C19H19ClN2O6S. The number of benzene rings is 2. The molecule has 1 fully saturated rings. The van der Waals surface area contributed by atoms with E-state index in [0.29, 0.717) is 13.2 Å². The van der Waals surface area contributed by atoms with Gasteiger partial charge in [-0.1, -0.05) is 23.7 Å². The van der Waals surface area contributed by atoms with E-state index in [4.69, 9.17) is 21.4 Å². The van der Waals surface area contributed by atoms with Crippen LogP contribution in [0.4, 0.5) is 5.69 Å². The highest BCUT2D eigenvalue weighted by Crippen LogP contribution is 2.26. The number of halogens is 1. The Hall–Kier alpha value is -2.62. The molecule has 2 aromatic rings. The number of hydrogen-bond acceptors (Lipinski definition) is 5. The highest BCUT2D eigenvalue weighted by molar-refractivity contribution is 7.92. The van der Waals surface area contributed by atoms with Crippen molar-refractivity contribution in [3.63, 3.8) is 0 Å². The Morgan fingerprint density at radius 2 is 1.97 bits per heavy atom. The summed E-state index contributed by atoms with van der Waals surface area (Å²) in [6.07, 6.45) is 1.74. The van der Waals surface area contributed by atoms with Crippen LogP contribution >= 0.6 is 11.6 Å². The number of carboxylic acid groups (broad SMARTS) is 1. The first kappa shape index (κ1) is 21.1. The minimum absolute atomic E-state index is 0.0501. The summed E-state index contributed by atoms with van der Waals surface area (Å²) in [5.74, 6) is -1.74. The van der Waals surface area contributed by atoms with Gasteiger partial charge in [0.25, 0.3) is 15.9 Å². The third-order valence-corrected chi connectivity index (χ3v) is 6.25. The van der Waals surface area contributed by atoms with Gasteiger partial charge in [-0.15, -0.1) is 0 Å². The first-order valence-corrected chi connectivity index (χ1v) is 10.7. The van der Waals surface area contributed by atoms with Crippen LogP contribution in [0.5, 0.6) is 0 Å². The first-order valence-electron chi connectivity index (χ1n) is 8.82. The molecule has 0 radical (unpaired) electrons. The minimum Gasteiger partial charge on any atom is -0.478 e. The highest BCUT2D eigenvalue weighted by atomic mass is 35.5. The van der Waals surface area contributed by atoms with E-state index < -0.39 is 26.8 Å². The Morgan fingerprint density at radius 3 is 2.66 bits per heavy atom. The Bertz CT molecular complexity index is 1030. The van der Waals surface area contributed by atoms with Crippen molar-refractivity contribution in [3.8, 4) is 0 Å². The fourth-order valence-corrected chi connectivity index (χ4v) is 4.53. The van der Waals surface area contributed by atoms with Crippen LogP contribution in [0.2, 0.25) is 5.02 Å². The monoisotopic (exact) mass is 438 g/mol. The first-order chi connectivity index (χ1) is 13.8. The van der Waals surface area contributed by atoms with Crippen LogP contribution in [-0.4, -0.2) is 44.7 Å². The summed E-state index contributed by atoms with van der Waals surface area (Å²) in [5, 5.41) is 11.7. The van der Waals surface area contributed by atoms with Gasteiger partial charge in [-0.25, -0.2) is 13.2 Å². The molecular weight excluding hydrogens is 420 g/mol. The summed E-state index contributed by atoms with van der Waals surface area (Å²) in [4.78, 5) is 23.3. The summed E-state index contributed by atoms with van der Waals surface area (Å²) < 4.78 is 33.4. The molecule has 0 saturated carbocycles. The van der Waals surface area contributed by atoms with E-state index in [2.05, 4.69) is 10.0 Å². The average Bonchev–Trinajstić information content (AvgIpc) is 3.20. The summed E-state index contributed by atoms with van der Waals surface area (Å²) in [6, 6.07) is 9.47. The lowest BCUT2D eigenvalue weighted by Gasteiger charge is -2.15. The van der Waals surface area contributed by atoms with Gasteiger partial charge in [-0.05, 0) is 43.2 Å². The largest absolute Gasteiger partial charge is 0.478 e. The highest BCUT2D eigenvalue weighted by Gasteiger charge is 2.23. The summed E-state index contributed by atoms with van der Waals surface area (Å²) in [7, 11) is -4.24. The fourth-order valence-electron chi connectivity index (χ4n) is 2.92. The Balaban J connectivity index is 1.83. The van der Waals surface area contributed by atoms with Gasteiger partial charge in [0, 0.05) is 13.2 Å². The lowest BCUT2D eigenvalue weighted by atomic mass is 10.1. The molecule has 1 atom stereocenters. The van der Waals surface area contributed by atoms with Crippen molar-refractivity contribution in [2.24, 2.45) is 0 Å². The predicted octanol–water partition coefficient (Wildman–Crippen LogP) is 2.75. The number of hydrogen-bond donors (Lipinski definition) is 3. The van der Waals surface area contributed by atoms with Crippen LogP contribution in [-0.2, 0) is 14.8 Å². The standard InChI is InChI=1S/C19H19ClN2O6S/c20-15-8-7-12(19(24)25)10-17(15)29(26,27)22-16-6-2-1-5-14(16)18(23)21-11-13-4-3-9-28-13/h1-2,5-8,10,13,22H,3-4,9,11H2,(H,21,23)(H,24,25)/t13-/m0/s1. The van der Waals surface area contributed by atoms with Gasteiger partial charge in [0.2, 0.25) is 0 Å². The van der Waals surface area contributed by atoms with Crippen molar-refractivity contribution in [1.82, 2.24) is 5.32 Å². The number of carboxylic acids is 1. The van der Waals surface area contributed by atoms with Gasteiger partial charge in [-0.3, -0.25) is 9.52 Å². The van der Waals surface area contributed by atoms with Crippen LogP contribution in [0.3, 0.4) is 0 Å². The van der Waals surface area contributed by atoms with E-state index in [-0.39, 0.29) is 27.9 Å². The van der Waals surface area contributed by atoms with E-state index in [1.54, 1.807) is 12.1 Å². The molecule has 2 aromatic carbocycles. The quantitative estimate of drug-likeness (QED) is 0.611. The lowest BCUT2D eigenvalue weighted by Crippen LogP contribution is -2.32. The molecule has 10 heteroatoms. The molecule has 0 unspecified atom stereocenters. The van der Waals surface area contributed by atoms with Gasteiger partial charge in [0.15, 0.2) is 0 Å². The van der Waals surface area contributed by atoms with Crippen molar-refractivity contribution in [2.45, 2.75) is 23.8 Å². The number of aromatic carboxylic acids is 1. The zero-order valence-corrected chi connectivity index (χ0v) is 16.8. The topological polar surface area (TPSA) is 122 Å². The molecule has 1 heterocycles. The van der Waals surface area contributed by atoms with Crippen molar-refractivity contribution in [3.05, 3.63) is 58.6 Å². The second-order valence-corrected chi connectivity index (χ2v) is 8.50. The second-order valence-electron chi connectivity index (χ2n) is 6.45. The summed E-state index contributed by atoms with van der Waals surface area (Å²) >= 11 is 5.97. The van der Waals surface area contributed by atoms with Crippen LogP contribution in [0.15, 0.2) is 47.4 Å². The van der Waals surface area contributed by atoms with Crippen LogP contribution < -0.4 is 10.0 Å². The van der Waals surface area contributed by atoms with Crippen molar-refractivity contribution in [1.29, 1.82) is 0 Å². The third kappa shape index (κ3) is 5.06. The zero-order valence-electron chi connectivity index (χ0n) is 15.2. The van der Waals surface area contributed by atoms with E-state index in [1.807, 2.05) is 0 Å². The van der Waals surface area contributed by atoms with Gasteiger partial charge in [0.05, 0.1) is 27.9 Å². The normalized spacial score (nSPS) is 16.4. The Kier molecular flexibility index (Phi) is 6.41. The molecule has 154 valence electrons. The molecule has 1 amide bonds. The summed E-state index contributed by atoms with van der Waals surface area (Å²) in [6.45, 7) is 0.986. The number of carbonyl (C=O) groups is 2. The molecule has 0 aromatic heterocycles. The van der Waals surface area contributed by atoms with Gasteiger partial charge in [-0.2, -0.15) is 0 Å². The van der Waals surface area contributed by atoms with E-state index in [0.717, 1.165) is 18.9 Å². The molecule has 3 rings (SSSR count). The number of nitrogens with one attached hydrogen (secondary N) is 2. The molecule has 1 aliphatic rings. The third-order valence-electron chi connectivity index (χ3n) is 4.40.